The molecule has 0 amide bonds. The van der Waals surface area contributed by atoms with Crippen molar-refractivity contribution in [3.63, 3.8) is 0 Å². The summed E-state index contributed by atoms with van der Waals surface area (Å²) in [6.07, 6.45) is 2.24. The van der Waals surface area contributed by atoms with Gasteiger partial charge in [-0.25, -0.2) is 0 Å². The van der Waals surface area contributed by atoms with Crippen molar-refractivity contribution < 1.29 is 0 Å². The first-order valence-electron chi connectivity index (χ1n) is 4.12. The van der Waals surface area contributed by atoms with Crippen LogP contribution >= 0.6 is 0 Å². The third kappa shape index (κ3) is 1.72. The molecule has 0 unspecified atom stereocenters. The monoisotopic (exact) mass is 161 g/mol. The van der Waals surface area contributed by atoms with E-state index < -0.39 is 0 Å². The lowest BCUT2D eigenvalue weighted by Gasteiger charge is -2.07. The van der Waals surface area contributed by atoms with Gasteiger partial charge in [-0.2, -0.15) is 0 Å². The molecular formula is C10H13Si. The highest BCUT2D eigenvalue weighted by molar-refractivity contribution is 6.33. The molecule has 0 aliphatic heterocycles. The summed E-state index contributed by atoms with van der Waals surface area (Å²) < 4.78 is 0. The molecule has 3 radical (unpaired) electrons. The maximum atomic E-state index is 3.60. The zero-order chi connectivity index (χ0) is 8.27. The van der Waals surface area contributed by atoms with Gasteiger partial charge in [-0.3, -0.25) is 0 Å². The van der Waals surface area contributed by atoms with Gasteiger partial charge in [-0.15, -0.1) is 0 Å². The van der Waals surface area contributed by atoms with Crippen LogP contribution in [0.3, 0.4) is 0 Å². The summed E-state index contributed by atoms with van der Waals surface area (Å²) in [6, 6.07) is 6.40. The van der Waals surface area contributed by atoms with E-state index in [1.54, 1.807) is 0 Å². The topological polar surface area (TPSA) is 0 Å². The summed E-state index contributed by atoms with van der Waals surface area (Å²) in [4.78, 5) is 0. The van der Waals surface area contributed by atoms with E-state index in [-0.39, 0.29) is 0 Å². The van der Waals surface area contributed by atoms with Gasteiger partial charge >= 0.3 is 0 Å². The third-order valence-electron chi connectivity index (χ3n) is 2.01. The SMILES string of the molecule is CCc1cccc([Si])c1CC. The fourth-order valence-corrected chi connectivity index (χ4v) is 1.82. The Morgan fingerprint density at radius 1 is 1.18 bits per heavy atom. The van der Waals surface area contributed by atoms with Crippen molar-refractivity contribution in [2.45, 2.75) is 26.7 Å². The van der Waals surface area contributed by atoms with Crippen molar-refractivity contribution in [1.82, 2.24) is 0 Å². The Morgan fingerprint density at radius 3 is 2.36 bits per heavy atom. The fourth-order valence-electron chi connectivity index (χ4n) is 1.38. The minimum absolute atomic E-state index is 1.11. The third-order valence-corrected chi connectivity index (χ3v) is 2.48. The predicted octanol–water partition coefficient (Wildman–Crippen LogP) is 1.61. The van der Waals surface area contributed by atoms with Gasteiger partial charge in [-0.05, 0) is 24.0 Å². The molecule has 0 atom stereocenters. The summed E-state index contributed by atoms with van der Waals surface area (Å²) in [6.45, 7) is 4.39. The zero-order valence-electron chi connectivity index (χ0n) is 7.15. The molecule has 0 saturated carbocycles. The molecule has 57 valence electrons. The van der Waals surface area contributed by atoms with Crippen molar-refractivity contribution >= 4 is 15.4 Å². The van der Waals surface area contributed by atoms with Crippen LogP contribution in [0.5, 0.6) is 0 Å². The molecule has 0 saturated heterocycles. The first-order valence-corrected chi connectivity index (χ1v) is 4.62. The summed E-state index contributed by atoms with van der Waals surface area (Å²) in [7, 11) is 3.60. The normalized spacial score (nSPS) is 10.1. The Hall–Kier alpha value is -0.563. The summed E-state index contributed by atoms with van der Waals surface area (Å²) >= 11 is 0. The predicted molar refractivity (Wildman–Crippen MR) is 50.6 cm³/mol. The van der Waals surface area contributed by atoms with Crippen LogP contribution in [0.4, 0.5) is 0 Å². The lowest BCUT2D eigenvalue weighted by molar-refractivity contribution is 1.05. The largest absolute Gasteiger partial charge is 0.0715 e. The summed E-state index contributed by atoms with van der Waals surface area (Å²) in [5, 5.41) is 1.24. The van der Waals surface area contributed by atoms with E-state index in [0.717, 1.165) is 12.8 Å². The Labute approximate surface area is 72.1 Å². The first-order chi connectivity index (χ1) is 5.29. The van der Waals surface area contributed by atoms with Gasteiger partial charge in [0.25, 0.3) is 0 Å². The van der Waals surface area contributed by atoms with Crippen molar-refractivity contribution in [3.8, 4) is 0 Å². The van der Waals surface area contributed by atoms with Crippen LogP contribution in [0.15, 0.2) is 18.2 Å². The van der Waals surface area contributed by atoms with E-state index in [0.29, 0.717) is 0 Å². The zero-order valence-corrected chi connectivity index (χ0v) is 8.15. The lowest BCUT2D eigenvalue weighted by atomic mass is 10.0. The standard InChI is InChI=1S/C10H13Si/c1-3-8-6-5-7-10(11)9(8)4-2/h5-7H,3-4H2,1-2H3. The Morgan fingerprint density at radius 2 is 1.91 bits per heavy atom. The van der Waals surface area contributed by atoms with E-state index in [9.17, 15) is 0 Å². The van der Waals surface area contributed by atoms with Gasteiger partial charge in [-0.1, -0.05) is 37.2 Å². The van der Waals surface area contributed by atoms with Gasteiger partial charge in [0.05, 0.1) is 10.2 Å². The van der Waals surface area contributed by atoms with Gasteiger partial charge in [0.15, 0.2) is 0 Å². The highest BCUT2D eigenvalue weighted by Gasteiger charge is 1.99. The average molecular weight is 161 g/mol. The Balaban J connectivity index is 3.13. The van der Waals surface area contributed by atoms with Gasteiger partial charge in [0.1, 0.15) is 0 Å². The van der Waals surface area contributed by atoms with E-state index in [4.69, 9.17) is 0 Å². The van der Waals surface area contributed by atoms with Crippen molar-refractivity contribution in [2.75, 3.05) is 0 Å². The van der Waals surface area contributed by atoms with Crippen LogP contribution in [0.2, 0.25) is 0 Å². The molecule has 1 aromatic carbocycles. The Kier molecular flexibility index (Phi) is 2.89. The minimum atomic E-state index is 1.11. The second-order valence-electron chi connectivity index (χ2n) is 2.65. The van der Waals surface area contributed by atoms with Gasteiger partial charge in [0, 0.05) is 0 Å². The van der Waals surface area contributed by atoms with Crippen LogP contribution in [-0.2, 0) is 12.8 Å². The van der Waals surface area contributed by atoms with E-state index in [1.165, 1.54) is 16.3 Å². The molecule has 0 heterocycles. The molecule has 0 spiro atoms. The second kappa shape index (κ2) is 3.72. The van der Waals surface area contributed by atoms with E-state index >= 15 is 0 Å². The van der Waals surface area contributed by atoms with Crippen LogP contribution in [-0.4, -0.2) is 10.2 Å². The molecule has 0 aromatic heterocycles. The quantitative estimate of drug-likeness (QED) is 0.578. The highest BCUT2D eigenvalue weighted by atomic mass is 28.1. The van der Waals surface area contributed by atoms with Crippen LogP contribution in [0.1, 0.15) is 25.0 Å². The van der Waals surface area contributed by atoms with Gasteiger partial charge < -0.3 is 0 Å². The molecule has 0 aliphatic carbocycles. The molecule has 0 fully saturated rings. The first kappa shape index (κ1) is 8.53. The number of aryl methyl sites for hydroxylation is 1. The smallest absolute Gasteiger partial charge is 0.0640 e. The number of benzene rings is 1. The lowest BCUT2D eigenvalue weighted by Crippen LogP contribution is -2.11. The van der Waals surface area contributed by atoms with E-state index in [1.807, 2.05) is 0 Å². The van der Waals surface area contributed by atoms with Crippen LogP contribution in [0, 0.1) is 0 Å². The van der Waals surface area contributed by atoms with Crippen molar-refractivity contribution in [1.29, 1.82) is 0 Å². The average Bonchev–Trinajstić information content (AvgIpc) is 2.04. The van der Waals surface area contributed by atoms with Crippen molar-refractivity contribution in [3.05, 3.63) is 29.3 Å². The molecule has 0 bridgehead atoms. The molecule has 1 aromatic rings. The summed E-state index contributed by atoms with van der Waals surface area (Å²) in [5.41, 5.74) is 2.91. The highest BCUT2D eigenvalue weighted by Crippen LogP contribution is 2.06. The fraction of sp³-hybridized carbons (Fsp3) is 0.400. The molecule has 0 N–H and O–H groups in total. The van der Waals surface area contributed by atoms with E-state index in [2.05, 4.69) is 42.3 Å². The van der Waals surface area contributed by atoms with Crippen LogP contribution < -0.4 is 5.19 Å². The molecule has 0 aliphatic rings. The molecule has 1 heteroatoms. The number of hydrogen-bond donors (Lipinski definition) is 0. The molecule has 1 rings (SSSR count). The maximum Gasteiger partial charge on any atom is 0.0715 e. The minimum Gasteiger partial charge on any atom is -0.0640 e. The molecular weight excluding hydrogens is 148 g/mol. The van der Waals surface area contributed by atoms with Crippen molar-refractivity contribution in [2.24, 2.45) is 0 Å². The maximum absolute atomic E-state index is 3.60. The number of hydrogen-bond acceptors (Lipinski definition) is 0. The summed E-state index contributed by atoms with van der Waals surface area (Å²) in [5.74, 6) is 0. The van der Waals surface area contributed by atoms with Gasteiger partial charge in [0.2, 0.25) is 0 Å². The molecule has 0 nitrogen and oxygen atoms in total. The Bertz CT molecular complexity index is 241. The second-order valence-corrected chi connectivity index (χ2v) is 3.19. The van der Waals surface area contributed by atoms with Crippen LogP contribution in [0.25, 0.3) is 0 Å². The molecule has 11 heavy (non-hydrogen) atoms. The number of rotatable bonds is 2.